The van der Waals surface area contributed by atoms with E-state index >= 15 is 0 Å². The molecule has 0 aliphatic rings. The molecule has 0 radical (unpaired) electrons. The lowest BCUT2D eigenvalue weighted by molar-refractivity contribution is 0.991. The van der Waals surface area contributed by atoms with E-state index in [-0.39, 0.29) is 0 Å². The SMILES string of the molecule is CCC(=Cc1sccc1N)CC. The molecule has 1 aromatic rings. The van der Waals surface area contributed by atoms with Crippen LogP contribution in [0, 0.1) is 0 Å². The summed E-state index contributed by atoms with van der Waals surface area (Å²) >= 11 is 1.71. The largest absolute Gasteiger partial charge is 0.398 e. The molecule has 66 valence electrons. The quantitative estimate of drug-likeness (QED) is 0.758. The van der Waals surface area contributed by atoms with Crippen molar-refractivity contribution < 1.29 is 0 Å². The third-order valence-electron chi connectivity index (χ3n) is 1.97. The zero-order valence-electron chi connectivity index (χ0n) is 7.63. The van der Waals surface area contributed by atoms with Gasteiger partial charge in [0.1, 0.15) is 0 Å². The number of hydrogen-bond acceptors (Lipinski definition) is 2. The van der Waals surface area contributed by atoms with E-state index in [9.17, 15) is 0 Å². The average Bonchev–Trinajstić information content (AvgIpc) is 2.47. The van der Waals surface area contributed by atoms with E-state index in [0.29, 0.717) is 0 Å². The van der Waals surface area contributed by atoms with Crippen LogP contribution in [0.2, 0.25) is 0 Å². The average molecular weight is 181 g/mol. The van der Waals surface area contributed by atoms with Gasteiger partial charge < -0.3 is 5.73 Å². The fourth-order valence-electron chi connectivity index (χ4n) is 1.09. The van der Waals surface area contributed by atoms with Gasteiger partial charge >= 0.3 is 0 Å². The van der Waals surface area contributed by atoms with Crippen LogP contribution in [-0.4, -0.2) is 0 Å². The van der Waals surface area contributed by atoms with Crippen LogP contribution >= 0.6 is 11.3 Å². The maximum absolute atomic E-state index is 5.76. The van der Waals surface area contributed by atoms with Crippen LogP contribution in [0.25, 0.3) is 6.08 Å². The lowest BCUT2D eigenvalue weighted by atomic mass is 10.1. The Labute approximate surface area is 77.9 Å². The molecule has 0 saturated carbocycles. The third-order valence-corrected chi connectivity index (χ3v) is 2.85. The highest BCUT2D eigenvalue weighted by Crippen LogP contribution is 2.23. The number of nitrogens with two attached hydrogens (primary N) is 1. The Balaban J connectivity index is 2.85. The maximum Gasteiger partial charge on any atom is 0.0499 e. The summed E-state index contributed by atoms with van der Waals surface area (Å²) in [7, 11) is 0. The van der Waals surface area contributed by atoms with Crippen molar-refractivity contribution in [2.24, 2.45) is 0 Å². The number of allylic oxidation sites excluding steroid dienone is 1. The van der Waals surface area contributed by atoms with Gasteiger partial charge in [-0.1, -0.05) is 19.4 Å². The minimum Gasteiger partial charge on any atom is -0.398 e. The molecule has 0 unspecified atom stereocenters. The van der Waals surface area contributed by atoms with Crippen molar-refractivity contribution in [2.45, 2.75) is 26.7 Å². The summed E-state index contributed by atoms with van der Waals surface area (Å²) in [6, 6.07) is 1.96. The first-order valence-corrected chi connectivity index (χ1v) is 5.18. The first-order valence-electron chi connectivity index (χ1n) is 4.30. The fraction of sp³-hybridized carbons (Fsp3) is 0.400. The summed E-state index contributed by atoms with van der Waals surface area (Å²) < 4.78 is 0. The third kappa shape index (κ3) is 2.11. The van der Waals surface area contributed by atoms with Gasteiger partial charge in [-0.05, 0) is 30.4 Å². The van der Waals surface area contributed by atoms with E-state index in [1.165, 1.54) is 10.5 Å². The molecule has 0 atom stereocenters. The van der Waals surface area contributed by atoms with E-state index in [4.69, 9.17) is 5.73 Å². The number of nitrogen functional groups attached to an aromatic ring is 1. The highest BCUT2D eigenvalue weighted by atomic mass is 32.1. The molecule has 0 aliphatic carbocycles. The molecule has 1 nitrogen and oxygen atoms in total. The Kier molecular flexibility index (Phi) is 3.35. The van der Waals surface area contributed by atoms with Gasteiger partial charge in [0.25, 0.3) is 0 Å². The summed E-state index contributed by atoms with van der Waals surface area (Å²) in [5.74, 6) is 0. The predicted molar refractivity (Wildman–Crippen MR) is 57.3 cm³/mol. The molecule has 1 rings (SSSR count). The van der Waals surface area contributed by atoms with Gasteiger partial charge in [-0.15, -0.1) is 11.3 Å². The Morgan fingerprint density at radius 2 is 2.17 bits per heavy atom. The zero-order chi connectivity index (χ0) is 8.97. The standard InChI is InChI=1S/C10H15NS/c1-3-8(4-2)7-10-9(11)5-6-12-10/h5-7H,3-4,11H2,1-2H3. The van der Waals surface area contributed by atoms with Crippen LogP contribution in [0.5, 0.6) is 0 Å². The van der Waals surface area contributed by atoms with Crippen LogP contribution < -0.4 is 5.73 Å². The van der Waals surface area contributed by atoms with Gasteiger partial charge in [0, 0.05) is 10.6 Å². The highest BCUT2D eigenvalue weighted by molar-refractivity contribution is 7.11. The maximum atomic E-state index is 5.76. The van der Waals surface area contributed by atoms with Crippen LogP contribution in [0.15, 0.2) is 17.0 Å². The molecule has 0 saturated heterocycles. The molecule has 0 bridgehead atoms. The summed E-state index contributed by atoms with van der Waals surface area (Å²) in [6.07, 6.45) is 4.45. The van der Waals surface area contributed by atoms with Crippen molar-refractivity contribution in [1.29, 1.82) is 0 Å². The molecular weight excluding hydrogens is 166 g/mol. The van der Waals surface area contributed by atoms with Gasteiger partial charge in [0.05, 0.1) is 0 Å². The van der Waals surface area contributed by atoms with Crippen LogP contribution in [0.4, 0.5) is 5.69 Å². The van der Waals surface area contributed by atoms with Gasteiger partial charge in [0.15, 0.2) is 0 Å². The second-order valence-corrected chi connectivity index (χ2v) is 3.70. The predicted octanol–water partition coefficient (Wildman–Crippen LogP) is 3.53. The molecule has 0 spiro atoms. The van der Waals surface area contributed by atoms with E-state index < -0.39 is 0 Å². The number of rotatable bonds is 3. The van der Waals surface area contributed by atoms with Crippen molar-refractivity contribution in [1.82, 2.24) is 0 Å². The Morgan fingerprint density at radius 1 is 1.50 bits per heavy atom. The molecule has 2 N–H and O–H groups in total. The second-order valence-electron chi connectivity index (χ2n) is 2.75. The molecule has 1 aromatic heterocycles. The van der Waals surface area contributed by atoms with Crippen LogP contribution in [0.1, 0.15) is 31.6 Å². The topological polar surface area (TPSA) is 26.0 Å². The molecular formula is C10H15NS. The summed E-state index contributed by atoms with van der Waals surface area (Å²) in [4.78, 5) is 1.20. The monoisotopic (exact) mass is 181 g/mol. The first-order chi connectivity index (χ1) is 5.77. The molecule has 0 amide bonds. The van der Waals surface area contributed by atoms with Crippen molar-refractivity contribution in [3.05, 3.63) is 21.9 Å². The number of hydrogen-bond donors (Lipinski definition) is 1. The normalized spacial score (nSPS) is 9.83. The Hall–Kier alpha value is -0.760. The van der Waals surface area contributed by atoms with Gasteiger partial charge in [-0.3, -0.25) is 0 Å². The molecule has 0 fully saturated rings. The molecule has 12 heavy (non-hydrogen) atoms. The molecule has 2 heteroatoms. The van der Waals surface area contributed by atoms with Crippen molar-refractivity contribution in [2.75, 3.05) is 5.73 Å². The van der Waals surface area contributed by atoms with Crippen molar-refractivity contribution >= 4 is 23.1 Å². The van der Waals surface area contributed by atoms with E-state index in [1.54, 1.807) is 11.3 Å². The van der Waals surface area contributed by atoms with Gasteiger partial charge in [-0.2, -0.15) is 0 Å². The first kappa shape index (κ1) is 9.33. The summed E-state index contributed by atoms with van der Waals surface area (Å²) in [6.45, 7) is 4.36. The molecule has 0 aromatic carbocycles. The van der Waals surface area contributed by atoms with E-state index in [1.807, 2.05) is 11.4 Å². The van der Waals surface area contributed by atoms with Gasteiger partial charge in [-0.25, -0.2) is 0 Å². The molecule has 1 heterocycles. The minimum atomic E-state index is 0.902. The Bertz CT molecular complexity index is 267. The smallest absolute Gasteiger partial charge is 0.0499 e. The van der Waals surface area contributed by atoms with Crippen LogP contribution in [-0.2, 0) is 0 Å². The van der Waals surface area contributed by atoms with Crippen molar-refractivity contribution in [3.8, 4) is 0 Å². The lowest BCUT2D eigenvalue weighted by Crippen LogP contribution is -1.83. The number of anilines is 1. The zero-order valence-corrected chi connectivity index (χ0v) is 8.45. The van der Waals surface area contributed by atoms with E-state index in [2.05, 4.69) is 19.9 Å². The Morgan fingerprint density at radius 3 is 2.58 bits per heavy atom. The van der Waals surface area contributed by atoms with Gasteiger partial charge in [0.2, 0.25) is 0 Å². The van der Waals surface area contributed by atoms with E-state index in [0.717, 1.165) is 18.5 Å². The summed E-state index contributed by atoms with van der Waals surface area (Å²) in [5, 5.41) is 2.03. The van der Waals surface area contributed by atoms with Crippen LogP contribution in [0.3, 0.4) is 0 Å². The fourth-order valence-corrected chi connectivity index (χ4v) is 1.89. The number of thiophene rings is 1. The lowest BCUT2D eigenvalue weighted by Gasteiger charge is -1.98. The highest BCUT2D eigenvalue weighted by Gasteiger charge is 1.97. The summed E-state index contributed by atoms with van der Waals surface area (Å²) in [5.41, 5.74) is 8.13. The minimum absolute atomic E-state index is 0.902. The second kappa shape index (κ2) is 4.31. The van der Waals surface area contributed by atoms with Crippen molar-refractivity contribution in [3.63, 3.8) is 0 Å². The molecule has 0 aliphatic heterocycles.